The van der Waals surface area contributed by atoms with E-state index in [1.54, 1.807) is 17.9 Å². The number of benzene rings is 1. The Morgan fingerprint density at radius 2 is 2.04 bits per heavy atom. The quantitative estimate of drug-likeness (QED) is 0.865. The minimum Gasteiger partial charge on any atom is -0.383 e. The highest BCUT2D eigenvalue weighted by molar-refractivity contribution is 6.06. The molecular formula is C19H25N3O2. The smallest absolute Gasteiger partial charge is 0.278 e. The van der Waals surface area contributed by atoms with Crippen molar-refractivity contribution in [3.63, 3.8) is 0 Å². The Hall–Kier alpha value is -2.14. The van der Waals surface area contributed by atoms with E-state index >= 15 is 0 Å². The van der Waals surface area contributed by atoms with Crippen LogP contribution in [0.1, 0.15) is 42.7 Å². The van der Waals surface area contributed by atoms with E-state index in [0.717, 1.165) is 5.69 Å². The highest BCUT2D eigenvalue weighted by atomic mass is 16.5. The summed E-state index contributed by atoms with van der Waals surface area (Å²) in [4.78, 5) is 14.9. The fourth-order valence-electron chi connectivity index (χ4n) is 3.26. The number of carbonyl (C=O) groups is 1. The Labute approximate surface area is 143 Å². The van der Waals surface area contributed by atoms with Crippen molar-refractivity contribution in [3.8, 4) is 0 Å². The monoisotopic (exact) mass is 327 g/mol. The summed E-state index contributed by atoms with van der Waals surface area (Å²) >= 11 is 0. The fraction of sp³-hybridized carbons (Fsp3) is 0.474. The molecule has 0 spiro atoms. The van der Waals surface area contributed by atoms with Gasteiger partial charge in [0.25, 0.3) is 5.91 Å². The number of rotatable bonds is 4. The maximum absolute atomic E-state index is 13.0. The first-order valence-corrected chi connectivity index (χ1v) is 8.35. The number of fused-ring (bicyclic) bond motifs is 1. The van der Waals surface area contributed by atoms with Crippen molar-refractivity contribution in [1.29, 1.82) is 0 Å². The molecule has 0 bridgehead atoms. The Balaban J connectivity index is 1.87. The Kier molecular flexibility index (Phi) is 4.45. The zero-order valence-electron chi connectivity index (χ0n) is 14.8. The van der Waals surface area contributed by atoms with Crippen LogP contribution in [0, 0.1) is 5.41 Å². The average Bonchev–Trinajstić information content (AvgIpc) is 3.16. The zero-order chi connectivity index (χ0) is 17.3. The summed E-state index contributed by atoms with van der Waals surface area (Å²) in [5.74, 6) is 0.290. The van der Waals surface area contributed by atoms with Crippen LogP contribution in [-0.4, -0.2) is 35.9 Å². The van der Waals surface area contributed by atoms with E-state index in [9.17, 15) is 4.79 Å². The summed E-state index contributed by atoms with van der Waals surface area (Å²) in [6.07, 6.45) is 1.83. The molecule has 1 aliphatic rings. The minimum atomic E-state index is -0.0367. The predicted octanol–water partition coefficient (Wildman–Crippen LogP) is 3.32. The molecule has 5 heteroatoms. The second-order valence-corrected chi connectivity index (χ2v) is 7.35. The Bertz CT molecular complexity index is 730. The number of hydrogen-bond donors (Lipinski definition) is 0. The van der Waals surface area contributed by atoms with Gasteiger partial charge in [0.05, 0.1) is 13.2 Å². The topological polar surface area (TPSA) is 47.4 Å². The molecule has 128 valence electrons. The molecule has 0 saturated heterocycles. The molecule has 24 heavy (non-hydrogen) atoms. The van der Waals surface area contributed by atoms with Gasteiger partial charge in [0.2, 0.25) is 0 Å². The predicted molar refractivity (Wildman–Crippen MR) is 94.4 cm³/mol. The van der Waals surface area contributed by atoms with Crippen molar-refractivity contribution < 1.29 is 9.53 Å². The number of hydrogen-bond acceptors (Lipinski definition) is 3. The highest BCUT2D eigenvalue weighted by Crippen LogP contribution is 2.45. The van der Waals surface area contributed by atoms with Gasteiger partial charge in [-0.1, -0.05) is 39.0 Å². The van der Waals surface area contributed by atoms with Gasteiger partial charge in [-0.3, -0.25) is 9.48 Å². The Morgan fingerprint density at radius 1 is 1.29 bits per heavy atom. The van der Waals surface area contributed by atoms with E-state index in [1.165, 1.54) is 5.56 Å². The van der Waals surface area contributed by atoms with Crippen molar-refractivity contribution >= 4 is 11.6 Å². The van der Waals surface area contributed by atoms with Gasteiger partial charge >= 0.3 is 0 Å². The van der Waals surface area contributed by atoms with Gasteiger partial charge in [-0.25, -0.2) is 0 Å². The number of ether oxygens (including phenoxy) is 1. The van der Waals surface area contributed by atoms with Crippen LogP contribution < -0.4 is 4.90 Å². The van der Waals surface area contributed by atoms with E-state index in [1.807, 2.05) is 29.3 Å². The van der Waals surface area contributed by atoms with Crippen LogP contribution in [0.15, 0.2) is 36.5 Å². The van der Waals surface area contributed by atoms with E-state index < -0.39 is 0 Å². The fourth-order valence-corrected chi connectivity index (χ4v) is 3.26. The lowest BCUT2D eigenvalue weighted by Gasteiger charge is -2.27. The van der Waals surface area contributed by atoms with Crippen LogP contribution in [-0.2, 0) is 11.3 Å². The number of amides is 1. The number of carbonyl (C=O) groups excluding carboxylic acids is 1. The van der Waals surface area contributed by atoms with Crippen molar-refractivity contribution in [1.82, 2.24) is 9.78 Å². The second-order valence-electron chi connectivity index (χ2n) is 7.35. The maximum atomic E-state index is 13.0. The van der Waals surface area contributed by atoms with Crippen LogP contribution in [0.25, 0.3) is 0 Å². The summed E-state index contributed by atoms with van der Waals surface area (Å²) in [5.41, 5.74) is 2.84. The molecule has 0 N–H and O–H groups in total. The second kappa shape index (κ2) is 6.40. The zero-order valence-corrected chi connectivity index (χ0v) is 14.8. The summed E-state index contributed by atoms with van der Waals surface area (Å²) in [5, 5.41) is 4.40. The normalized spacial score (nSPS) is 17.2. The van der Waals surface area contributed by atoms with Crippen molar-refractivity contribution in [2.75, 3.05) is 25.2 Å². The van der Waals surface area contributed by atoms with Gasteiger partial charge in [0.1, 0.15) is 0 Å². The van der Waals surface area contributed by atoms with Crippen LogP contribution >= 0.6 is 0 Å². The van der Waals surface area contributed by atoms with Gasteiger partial charge in [-0.15, -0.1) is 0 Å². The lowest BCUT2D eigenvalue weighted by atomic mass is 9.78. The van der Waals surface area contributed by atoms with Gasteiger partial charge in [0, 0.05) is 31.5 Å². The third-order valence-electron chi connectivity index (χ3n) is 4.64. The van der Waals surface area contributed by atoms with Crippen molar-refractivity contribution in [2.45, 2.75) is 33.2 Å². The largest absolute Gasteiger partial charge is 0.383 e. The lowest BCUT2D eigenvalue weighted by Crippen LogP contribution is -2.32. The molecular weight excluding hydrogens is 302 g/mol. The summed E-state index contributed by atoms with van der Waals surface area (Å²) in [7, 11) is 1.66. The maximum Gasteiger partial charge on any atom is 0.278 e. The first kappa shape index (κ1) is 16.7. The third kappa shape index (κ3) is 3.08. The van der Waals surface area contributed by atoms with Crippen LogP contribution in [0.4, 0.5) is 5.69 Å². The van der Waals surface area contributed by atoms with Gasteiger partial charge in [-0.2, -0.15) is 5.10 Å². The standard InChI is InChI=1S/C19H25N3O2/c1-19(2,3)15-13-22(17-8-6-5-7-14(15)17)18(23)16-9-10-21(20-16)11-12-24-4/h5-10,15H,11-13H2,1-4H3. The molecule has 1 unspecified atom stereocenters. The SMILES string of the molecule is COCCn1ccc(C(=O)N2CC(C(C)(C)C)c3ccccc32)n1. The summed E-state index contributed by atoms with van der Waals surface area (Å²) < 4.78 is 6.81. The number of aromatic nitrogens is 2. The lowest BCUT2D eigenvalue weighted by molar-refractivity contribution is 0.0979. The average molecular weight is 327 g/mol. The van der Waals surface area contributed by atoms with Crippen LogP contribution in [0.2, 0.25) is 0 Å². The molecule has 0 radical (unpaired) electrons. The van der Waals surface area contributed by atoms with E-state index in [-0.39, 0.29) is 11.3 Å². The molecule has 0 saturated carbocycles. The van der Waals surface area contributed by atoms with Gasteiger partial charge in [0.15, 0.2) is 5.69 Å². The minimum absolute atomic E-state index is 0.0367. The summed E-state index contributed by atoms with van der Waals surface area (Å²) in [6.45, 7) is 8.59. The number of nitrogens with zero attached hydrogens (tertiary/aromatic N) is 3. The number of anilines is 1. The molecule has 0 aliphatic carbocycles. The molecule has 1 atom stereocenters. The van der Waals surface area contributed by atoms with E-state index in [2.05, 4.69) is 31.9 Å². The molecule has 1 aromatic carbocycles. The molecule has 1 amide bonds. The molecule has 1 aromatic heterocycles. The molecule has 5 nitrogen and oxygen atoms in total. The van der Waals surface area contributed by atoms with Crippen LogP contribution in [0.3, 0.4) is 0 Å². The molecule has 2 heterocycles. The molecule has 2 aromatic rings. The van der Waals surface area contributed by atoms with Gasteiger partial charge in [-0.05, 0) is 23.1 Å². The molecule has 1 aliphatic heterocycles. The molecule has 0 fully saturated rings. The highest BCUT2D eigenvalue weighted by Gasteiger charge is 2.39. The first-order chi connectivity index (χ1) is 11.4. The third-order valence-corrected chi connectivity index (χ3v) is 4.64. The number of para-hydroxylation sites is 1. The van der Waals surface area contributed by atoms with Crippen molar-refractivity contribution in [2.24, 2.45) is 5.41 Å². The van der Waals surface area contributed by atoms with Gasteiger partial charge < -0.3 is 9.64 Å². The van der Waals surface area contributed by atoms with Crippen LogP contribution in [0.5, 0.6) is 0 Å². The number of methoxy groups -OCH3 is 1. The van der Waals surface area contributed by atoms with E-state index in [0.29, 0.717) is 31.3 Å². The van der Waals surface area contributed by atoms with Crippen molar-refractivity contribution in [3.05, 3.63) is 47.8 Å². The first-order valence-electron chi connectivity index (χ1n) is 8.35. The molecule has 3 rings (SSSR count). The summed E-state index contributed by atoms with van der Waals surface area (Å²) in [6, 6.07) is 9.98. The van der Waals surface area contributed by atoms with E-state index in [4.69, 9.17) is 4.74 Å². The Morgan fingerprint density at radius 3 is 2.75 bits per heavy atom.